The summed E-state index contributed by atoms with van der Waals surface area (Å²) in [4.78, 5) is 36.8. The molecule has 1 aromatic heterocycles. The van der Waals surface area contributed by atoms with Crippen molar-refractivity contribution >= 4 is 11.8 Å². The topological polar surface area (TPSA) is 90.6 Å². The first-order valence-corrected chi connectivity index (χ1v) is 10.6. The van der Waals surface area contributed by atoms with E-state index in [0.717, 1.165) is 77.9 Å². The van der Waals surface area contributed by atoms with E-state index < -0.39 is 0 Å². The third-order valence-corrected chi connectivity index (χ3v) is 6.33. The number of hydrogen-bond acceptors (Lipinski definition) is 5. The molecule has 0 radical (unpaired) electrons. The zero-order valence-electron chi connectivity index (χ0n) is 16.4. The number of aromatic amines is 1. The molecule has 3 aliphatic heterocycles. The Labute approximate surface area is 166 Å². The Bertz CT molecular complexity index is 653. The molecule has 1 aromatic rings. The molecule has 28 heavy (non-hydrogen) atoms. The number of aromatic nitrogens is 2. The Balaban J connectivity index is 1.45. The molecule has 0 bridgehead atoms. The van der Waals surface area contributed by atoms with Gasteiger partial charge >= 0.3 is 0 Å². The van der Waals surface area contributed by atoms with Gasteiger partial charge in [-0.25, -0.2) is 4.98 Å². The summed E-state index contributed by atoms with van der Waals surface area (Å²) in [6, 6.07) is 0.460. The van der Waals surface area contributed by atoms with E-state index in [4.69, 9.17) is 4.74 Å². The first-order chi connectivity index (χ1) is 13.7. The van der Waals surface area contributed by atoms with E-state index in [1.165, 1.54) is 6.33 Å². The number of H-pyrrole nitrogens is 1. The lowest BCUT2D eigenvalue weighted by Crippen LogP contribution is -2.49. The van der Waals surface area contributed by atoms with Crippen molar-refractivity contribution in [2.75, 3.05) is 39.4 Å². The largest absolute Gasteiger partial charge is 0.381 e. The fourth-order valence-electron chi connectivity index (χ4n) is 4.73. The third kappa shape index (κ3) is 4.55. The van der Waals surface area contributed by atoms with E-state index in [1.54, 1.807) is 6.20 Å². The molecule has 2 atom stereocenters. The zero-order valence-corrected chi connectivity index (χ0v) is 16.4. The number of amides is 2. The lowest BCUT2D eigenvalue weighted by molar-refractivity contribution is -0.135. The van der Waals surface area contributed by atoms with Gasteiger partial charge in [-0.3, -0.25) is 14.5 Å². The second-order valence-corrected chi connectivity index (χ2v) is 8.24. The Hall–Kier alpha value is -1.93. The van der Waals surface area contributed by atoms with Gasteiger partial charge in [-0.15, -0.1) is 0 Å². The molecule has 2 amide bonds. The van der Waals surface area contributed by atoms with E-state index in [-0.39, 0.29) is 17.9 Å². The number of likely N-dealkylation sites (tertiary alicyclic amines) is 2. The number of imidazole rings is 1. The maximum absolute atomic E-state index is 13.1. The molecule has 3 saturated heterocycles. The minimum absolute atomic E-state index is 0.0231. The highest BCUT2D eigenvalue weighted by Gasteiger charge is 2.35. The molecule has 0 spiro atoms. The number of hydrogen-bond donors (Lipinski definition) is 2. The van der Waals surface area contributed by atoms with Gasteiger partial charge in [0.25, 0.3) is 5.91 Å². The fraction of sp³-hybridized carbons (Fsp3) is 0.750. The van der Waals surface area contributed by atoms with Crippen LogP contribution in [0.3, 0.4) is 0 Å². The van der Waals surface area contributed by atoms with E-state index in [0.29, 0.717) is 17.6 Å². The normalized spacial score (nSPS) is 27.5. The molecule has 0 unspecified atom stereocenters. The summed E-state index contributed by atoms with van der Waals surface area (Å²) in [5, 5.41) is 3.15. The summed E-state index contributed by atoms with van der Waals surface area (Å²) >= 11 is 0. The van der Waals surface area contributed by atoms with Crippen molar-refractivity contribution in [2.45, 2.75) is 50.6 Å². The van der Waals surface area contributed by atoms with Crippen molar-refractivity contribution in [2.24, 2.45) is 5.92 Å². The standard InChI is InChI=1S/C20H31N5O3/c26-19(18-11-21-14-22-18)23-16-4-3-15(20(27)24-7-1-2-8-24)12-25(13-16)17-5-9-28-10-6-17/h11,14-17H,1-10,12-13H2,(H,21,22)(H,23,26)/t15-,16+/m1/s1. The summed E-state index contributed by atoms with van der Waals surface area (Å²) in [5.41, 5.74) is 0.478. The molecule has 3 fully saturated rings. The zero-order chi connectivity index (χ0) is 19.3. The highest BCUT2D eigenvalue weighted by Crippen LogP contribution is 2.25. The number of nitrogens with one attached hydrogen (secondary N) is 2. The maximum Gasteiger partial charge on any atom is 0.269 e. The Kier molecular flexibility index (Phi) is 6.26. The minimum Gasteiger partial charge on any atom is -0.381 e. The second-order valence-electron chi connectivity index (χ2n) is 8.24. The SMILES string of the molecule is O=C(N[C@H]1CC[C@@H](C(=O)N2CCCC2)CN(C2CCOCC2)C1)c1cnc[nH]1. The van der Waals surface area contributed by atoms with Gasteiger partial charge in [-0.2, -0.15) is 0 Å². The van der Waals surface area contributed by atoms with Gasteiger partial charge in [-0.05, 0) is 38.5 Å². The predicted octanol–water partition coefficient (Wildman–Crippen LogP) is 1.02. The van der Waals surface area contributed by atoms with E-state index in [1.807, 2.05) is 4.90 Å². The quantitative estimate of drug-likeness (QED) is 0.802. The van der Waals surface area contributed by atoms with E-state index in [2.05, 4.69) is 20.2 Å². The van der Waals surface area contributed by atoms with Crippen LogP contribution in [-0.4, -0.2) is 83.1 Å². The average molecular weight is 390 g/mol. The summed E-state index contributed by atoms with van der Waals surface area (Å²) in [5.74, 6) is 0.198. The Morgan fingerprint density at radius 2 is 1.89 bits per heavy atom. The Morgan fingerprint density at radius 1 is 1.11 bits per heavy atom. The summed E-state index contributed by atoms with van der Waals surface area (Å²) in [6.45, 7) is 4.91. The Morgan fingerprint density at radius 3 is 2.61 bits per heavy atom. The van der Waals surface area contributed by atoms with Crippen LogP contribution in [0, 0.1) is 5.92 Å². The van der Waals surface area contributed by atoms with Crippen molar-refractivity contribution in [3.8, 4) is 0 Å². The molecular weight excluding hydrogens is 358 g/mol. The average Bonchev–Trinajstić information content (AvgIpc) is 3.41. The van der Waals surface area contributed by atoms with Gasteiger partial charge in [0.2, 0.25) is 5.91 Å². The number of rotatable bonds is 4. The van der Waals surface area contributed by atoms with E-state index in [9.17, 15) is 9.59 Å². The van der Waals surface area contributed by atoms with E-state index >= 15 is 0 Å². The summed E-state index contributed by atoms with van der Waals surface area (Å²) in [7, 11) is 0. The van der Waals surface area contributed by atoms with Crippen LogP contribution < -0.4 is 5.32 Å². The number of nitrogens with zero attached hydrogens (tertiary/aromatic N) is 3. The second kappa shape index (κ2) is 9.05. The summed E-state index contributed by atoms with van der Waals surface area (Å²) in [6.07, 6.45) is 8.92. The molecule has 8 nitrogen and oxygen atoms in total. The van der Waals surface area contributed by atoms with Gasteiger partial charge in [-0.1, -0.05) is 0 Å². The van der Waals surface area contributed by atoms with Gasteiger partial charge in [0.15, 0.2) is 0 Å². The lowest BCUT2D eigenvalue weighted by Gasteiger charge is -2.36. The van der Waals surface area contributed by atoms with Crippen molar-refractivity contribution in [3.05, 3.63) is 18.2 Å². The van der Waals surface area contributed by atoms with Crippen molar-refractivity contribution in [3.63, 3.8) is 0 Å². The molecular formula is C20H31N5O3. The van der Waals surface area contributed by atoms with Crippen LogP contribution in [0.15, 0.2) is 12.5 Å². The van der Waals surface area contributed by atoms with Crippen LogP contribution in [0.2, 0.25) is 0 Å². The summed E-state index contributed by atoms with van der Waals surface area (Å²) < 4.78 is 5.54. The molecule has 3 aliphatic rings. The molecule has 4 rings (SSSR count). The monoisotopic (exact) mass is 389 g/mol. The van der Waals surface area contributed by atoms with Crippen LogP contribution in [-0.2, 0) is 9.53 Å². The lowest BCUT2D eigenvalue weighted by atomic mass is 9.99. The van der Waals surface area contributed by atoms with Crippen molar-refractivity contribution < 1.29 is 14.3 Å². The molecule has 2 N–H and O–H groups in total. The molecule has 8 heteroatoms. The smallest absolute Gasteiger partial charge is 0.269 e. The number of carbonyl (C=O) groups excluding carboxylic acids is 2. The van der Waals surface area contributed by atoms with Crippen LogP contribution in [0.1, 0.15) is 49.0 Å². The first-order valence-electron chi connectivity index (χ1n) is 10.6. The van der Waals surface area contributed by atoms with Gasteiger partial charge in [0.05, 0.1) is 18.4 Å². The predicted molar refractivity (Wildman–Crippen MR) is 104 cm³/mol. The highest BCUT2D eigenvalue weighted by molar-refractivity contribution is 5.92. The fourth-order valence-corrected chi connectivity index (χ4v) is 4.73. The molecule has 0 aromatic carbocycles. The molecule has 4 heterocycles. The van der Waals surface area contributed by atoms with Crippen molar-refractivity contribution in [1.29, 1.82) is 0 Å². The van der Waals surface area contributed by atoms with Crippen LogP contribution >= 0.6 is 0 Å². The maximum atomic E-state index is 13.1. The van der Waals surface area contributed by atoms with Crippen molar-refractivity contribution in [1.82, 2.24) is 25.1 Å². The molecule has 0 saturated carbocycles. The van der Waals surface area contributed by atoms with Crippen LogP contribution in [0.5, 0.6) is 0 Å². The van der Waals surface area contributed by atoms with Crippen LogP contribution in [0.25, 0.3) is 0 Å². The number of ether oxygens (including phenoxy) is 1. The minimum atomic E-state index is -0.126. The molecule has 0 aliphatic carbocycles. The highest BCUT2D eigenvalue weighted by atomic mass is 16.5. The number of carbonyl (C=O) groups is 2. The first kappa shape index (κ1) is 19.4. The van der Waals surface area contributed by atoms with Gasteiger partial charge in [0.1, 0.15) is 5.69 Å². The third-order valence-electron chi connectivity index (χ3n) is 6.33. The van der Waals surface area contributed by atoms with Gasteiger partial charge < -0.3 is 19.9 Å². The van der Waals surface area contributed by atoms with Crippen LogP contribution in [0.4, 0.5) is 0 Å². The molecule has 154 valence electrons. The van der Waals surface area contributed by atoms with Gasteiger partial charge in [0, 0.05) is 51.5 Å².